The van der Waals surface area contributed by atoms with E-state index >= 15 is 0 Å². The maximum Gasteiger partial charge on any atom is 0.270 e. The number of aromatic nitrogens is 2. The molecule has 2 N–H and O–H groups in total. The lowest BCUT2D eigenvalue weighted by atomic mass is 10.0. The van der Waals surface area contributed by atoms with E-state index < -0.39 is 0 Å². The summed E-state index contributed by atoms with van der Waals surface area (Å²) in [4.78, 5) is 18.2. The molecule has 1 aromatic carbocycles. The van der Waals surface area contributed by atoms with Crippen molar-refractivity contribution >= 4 is 18.1 Å². The van der Waals surface area contributed by atoms with Crippen molar-refractivity contribution in [1.82, 2.24) is 19.8 Å². The number of H-pyrrole nitrogens is 1. The fraction of sp³-hybridized carbons (Fsp3) is 0.444. The highest BCUT2D eigenvalue weighted by Gasteiger charge is 2.22. The van der Waals surface area contributed by atoms with E-state index in [-0.39, 0.29) is 11.9 Å². The Labute approximate surface area is 147 Å². The number of carbonyl (C=O) groups is 1. The highest BCUT2D eigenvalue weighted by Crippen LogP contribution is 2.15. The second kappa shape index (κ2) is 7.77. The van der Waals surface area contributed by atoms with Gasteiger partial charge in [0, 0.05) is 31.0 Å². The second-order valence-corrected chi connectivity index (χ2v) is 6.63. The van der Waals surface area contributed by atoms with Gasteiger partial charge in [0.25, 0.3) is 5.91 Å². The fourth-order valence-electron chi connectivity index (χ4n) is 3.25. The van der Waals surface area contributed by atoms with E-state index in [9.17, 15) is 4.79 Å². The van der Waals surface area contributed by atoms with E-state index in [1.807, 2.05) is 30.3 Å². The minimum Gasteiger partial charge on any atom is -0.348 e. The van der Waals surface area contributed by atoms with Crippen molar-refractivity contribution in [1.29, 1.82) is 0 Å². The lowest BCUT2D eigenvalue weighted by Gasteiger charge is -2.32. The summed E-state index contributed by atoms with van der Waals surface area (Å²) in [5.41, 5.74) is 1.45. The van der Waals surface area contributed by atoms with Gasteiger partial charge in [0.05, 0.1) is 0 Å². The number of amides is 1. The standard InChI is InChI=1S/C18H24N4OS/c1-2-10-21-11-8-14(9-12-21)20-17(23)16-13-19-18(24)22(16)15-6-4-3-5-7-15/h3-7,13-14H,2,8-12H2,1H3,(H,19,24)(H,20,23). The predicted octanol–water partition coefficient (Wildman–Crippen LogP) is 3.14. The molecular weight excluding hydrogens is 320 g/mol. The average Bonchev–Trinajstić information content (AvgIpc) is 2.99. The van der Waals surface area contributed by atoms with Crippen LogP contribution in [0.5, 0.6) is 0 Å². The van der Waals surface area contributed by atoms with Gasteiger partial charge in [0.15, 0.2) is 4.77 Å². The third-order valence-corrected chi connectivity index (χ3v) is 4.79. The van der Waals surface area contributed by atoms with Crippen LogP contribution in [0.3, 0.4) is 0 Å². The molecular formula is C18H24N4OS. The zero-order chi connectivity index (χ0) is 16.9. The van der Waals surface area contributed by atoms with Gasteiger partial charge in [-0.25, -0.2) is 0 Å². The van der Waals surface area contributed by atoms with Crippen molar-refractivity contribution in [3.05, 3.63) is 47.0 Å². The van der Waals surface area contributed by atoms with E-state index in [0.717, 1.165) is 38.2 Å². The molecule has 24 heavy (non-hydrogen) atoms. The molecule has 5 nitrogen and oxygen atoms in total. The Hall–Kier alpha value is -1.92. The Morgan fingerprint density at radius 3 is 2.67 bits per heavy atom. The second-order valence-electron chi connectivity index (χ2n) is 6.24. The molecule has 0 aliphatic carbocycles. The van der Waals surface area contributed by atoms with E-state index in [4.69, 9.17) is 12.2 Å². The number of carbonyl (C=O) groups excluding carboxylic acids is 1. The lowest BCUT2D eigenvalue weighted by Crippen LogP contribution is -2.45. The van der Waals surface area contributed by atoms with Crippen LogP contribution in [-0.2, 0) is 0 Å². The summed E-state index contributed by atoms with van der Waals surface area (Å²) >= 11 is 5.34. The molecule has 1 saturated heterocycles. The summed E-state index contributed by atoms with van der Waals surface area (Å²) in [7, 11) is 0. The maximum absolute atomic E-state index is 12.7. The molecule has 0 unspecified atom stereocenters. The first-order valence-corrected chi connectivity index (χ1v) is 8.99. The van der Waals surface area contributed by atoms with E-state index in [1.165, 1.54) is 6.42 Å². The first-order chi connectivity index (χ1) is 11.7. The van der Waals surface area contributed by atoms with E-state index in [1.54, 1.807) is 10.8 Å². The molecule has 2 aromatic rings. The van der Waals surface area contributed by atoms with Crippen LogP contribution in [0.2, 0.25) is 0 Å². The molecule has 0 bridgehead atoms. The number of nitrogens with zero attached hydrogens (tertiary/aromatic N) is 2. The monoisotopic (exact) mass is 344 g/mol. The Morgan fingerprint density at radius 2 is 2.00 bits per heavy atom. The minimum atomic E-state index is -0.0693. The van der Waals surface area contributed by atoms with Crippen molar-refractivity contribution in [2.75, 3.05) is 19.6 Å². The summed E-state index contributed by atoms with van der Waals surface area (Å²) < 4.78 is 2.32. The predicted molar refractivity (Wildman–Crippen MR) is 98.2 cm³/mol. The number of likely N-dealkylation sites (tertiary alicyclic amines) is 1. The molecule has 6 heteroatoms. The molecule has 0 atom stereocenters. The summed E-state index contributed by atoms with van der Waals surface area (Å²) in [6, 6.07) is 9.96. The van der Waals surface area contributed by atoms with Gasteiger partial charge in [0.1, 0.15) is 5.69 Å². The molecule has 2 heterocycles. The number of rotatable bonds is 5. The Bertz CT molecular complexity index is 729. The molecule has 1 amide bonds. The Balaban J connectivity index is 1.70. The molecule has 3 rings (SSSR count). The SMILES string of the molecule is CCCN1CCC(NC(=O)c2c[nH]c(=S)n2-c2ccccc2)CC1. The van der Waals surface area contributed by atoms with E-state index in [2.05, 4.69) is 22.1 Å². The average molecular weight is 344 g/mol. The Morgan fingerprint density at radius 1 is 1.29 bits per heavy atom. The van der Waals surface area contributed by atoms with Gasteiger partial charge in [0.2, 0.25) is 0 Å². The minimum absolute atomic E-state index is 0.0693. The topological polar surface area (TPSA) is 53.1 Å². The molecule has 1 aromatic heterocycles. The van der Waals surface area contributed by atoms with Gasteiger partial charge in [-0.1, -0.05) is 25.1 Å². The van der Waals surface area contributed by atoms with Gasteiger partial charge in [-0.3, -0.25) is 9.36 Å². The molecule has 0 spiro atoms. The molecule has 0 radical (unpaired) electrons. The lowest BCUT2D eigenvalue weighted by molar-refractivity contribution is 0.0904. The number of para-hydroxylation sites is 1. The normalized spacial score (nSPS) is 16.2. The van der Waals surface area contributed by atoms with Crippen molar-refractivity contribution in [3.63, 3.8) is 0 Å². The largest absolute Gasteiger partial charge is 0.348 e. The van der Waals surface area contributed by atoms with Gasteiger partial charge in [-0.15, -0.1) is 0 Å². The first kappa shape index (κ1) is 16.9. The van der Waals surface area contributed by atoms with Crippen LogP contribution in [0.1, 0.15) is 36.7 Å². The highest BCUT2D eigenvalue weighted by atomic mass is 32.1. The number of piperidine rings is 1. The van der Waals surface area contributed by atoms with Crippen LogP contribution in [0.15, 0.2) is 36.5 Å². The van der Waals surface area contributed by atoms with Crippen molar-refractivity contribution in [2.45, 2.75) is 32.2 Å². The third-order valence-electron chi connectivity index (χ3n) is 4.49. The molecule has 128 valence electrons. The van der Waals surface area contributed by atoms with Gasteiger partial charge < -0.3 is 15.2 Å². The number of imidazole rings is 1. The fourth-order valence-corrected chi connectivity index (χ4v) is 3.51. The Kier molecular flexibility index (Phi) is 5.48. The van der Waals surface area contributed by atoms with Crippen LogP contribution in [-0.4, -0.2) is 46.0 Å². The van der Waals surface area contributed by atoms with Crippen LogP contribution < -0.4 is 5.32 Å². The van der Waals surface area contributed by atoms with Crippen LogP contribution in [0, 0.1) is 4.77 Å². The van der Waals surface area contributed by atoms with Gasteiger partial charge in [-0.2, -0.15) is 0 Å². The number of nitrogens with one attached hydrogen (secondary N) is 2. The number of hydrogen-bond donors (Lipinski definition) is 2. The smallest absolute Gasteiger partial charge is 0.270 e. The van der Waals surface area contributed by atoms with Crippen LogP contribution in [0.4, 0.5) is 0 Å². The van der Waals surface area contributed by atoms with Crippen LogP contribution >= 0.6 is 12.2 Å². The zero-order valence-electron chi connectivity index (χ0n) is 14.0. The molecule has 0 saturated carbocycles. The number of hydrogen-bond acceptors (Lipinski definition) is 3. The summed E-state index contributed by atoms with van der Waals surface area (Å²) in [5, 5.41) is 3.17. The van der Waals surface area contributed by atoms with Crippen molar-refractivity contribution in [3.8, 4) is 5.69 Å². The van der Waals surface area contributed by atoms with Crippen molar-refractivity contribution in [2.24, 2.45) is 0 Å². The summed E-state index contributed by atoms with van der Waals surface area (Å²) in [5.74, 6) is -0.0693. The van der Waals surface area contributed by atoms with Crippen molar-refractivity contribution < 1.29 is 4.79 Å². The number of benzene rings is 1. The summed E-state index contributed by atoms with van der Waals surface area (Å²) in [6.07, 6.45) is 4.88. The third kappa shape index (κ3) is 3.76. The first-order valence-electron chi connectivity index (χ1n) is 8.58. The zero-order valence-corrected chi connectivity index (χ0v) is 14.8. The maximum atomic E-state index is 12.7. The van der Waals surface area contributed by atoms with Crippen LogP contribution in [0.25, 0.3) is 5.69 Å². The quantitative estimate of drug-likeness (QED) is 0.820. The van der Waals surface area contributed by atoms with E-state index in [0.29, 0.717) is 10.5 Å². The molecule has 1 aliphatic heterocycles. The highest BCUT2D eigenvalue weighted by molar-refractivity contribution is 7.71. The van der Waals surface area contributed by atoms with Gasteiger partial charge >= 0.3 is 0 Å². The number of aromatic amines is 1. The molecule has 1 fully saturated rings. The molecule has 1 aliphatic rings. The summed E-state index contributed by atoms with van der Waals surface area (Å²) in [6.45, 7) is 5.45. The van der Waals surface area contributed by atoms with Gasteiger partial charge in [-0.05, 0) is 50.2 Å².